The van der Waals surface area contributed by atoms with Crippen molar-refractivity contribution >= 4 is 5.91 Å². The van der Waals surface area contributed by atoms with Crippen LogP contribution in [0.4, 0.5) is 0 Å². The number of hydrogen-bond donors (Lipinski definition) is 1. The highest BCUT2D eigenvalue weighted by Gasteiger charge is 2.26. The Bertz CT molecular complexity index is 290. The molecule has 0 aromatic rings. The van der Waals surface area contributed by atoms with Gasteiger partial charge in [-0.15, -0.1) is 0 Å². The molecule has 2 aliphatic heterocycles. The molecule has 4 heteroatoms. The number of amides is 1. The lowest BCUT2D eigenvalue weighted by atomic mass is 9.97. The minimum Gasteiger partial charge on any atom is -0.343 e. The summed E-state index contributed by atoms with van der Waals surface area (Å²) >= 11 is 0. The van der Waals surface area contributed by atoms with Crippen LogP contribution in [-0.4, -0.2) is 53.5 Å². The van der Waals surface area contributed by atoms with E-state index >= 15 is 0 Å². The molecule has 1 amide bonds. The molecule has 0 saturated carbocycles. The molecule has 0 spiro atoms. The highest BCUT2D eigenvalue weighted by molar-refractivity contribution is 5.76. The molecular formula is C15H29N3O. The van der Waals surface area contributed by atoms with Gasteiger partial charge in [-0.3, -0.25) is 9.69 Å². The van der Waals surface area contributed by atoms with Gasteiger partial charge in [0.15, 0.2) is 0 Å². The van der Waals surface area contributed by atoms with Crippen LogP contribution < -0.4 is 5.73 Å². The van der Waals surface area contributed by atoms with Gasteiger partial charge < -0.3 is 10.6 Å². The molecule has 0 bridgehead atoms. The Morgan fingerprint density at radius 1 is 1.11 bits per heavy atom. The molecule has 2 fully saturated rings. The van der Waals surface area contributed by atoms with Crippen molar-refractivity contribution < 1.29 is 4.79 Å². The maximum absolute atomic E-state index is 12.2. The van der Waals surface area contributed by atoms with Gasteiger partial charge in [-0.25, -0.2) is 0 Å². The van der Waals surface area contributed by atoms with Crippen molar-refractivity contribution in [3.63, 3.8) is 0 Å². The SMILES string of the molecule is CC1CCCC(C)N1CCC(=O)N1CCC(N)CC1. The monoisotopic (exact) mass is 267 g/mol. The van der Waals surface area contributed by atoms with Crippen molar-refractivity contribution in [2.24, 2.45) is 5.73 Å². The first-order valence-corrected chi connectivity index (χ1v) is 7.87. The van der Waals surface area contributed by atoms with E-state index in [0.717, 1.165) is 32.5 Å². The predicted octanol–water partition coefficient (Wildman–Crippen LogP) is 1.59. The normalized spacial score (nSPS) is 30.6. The molecule has 2 saturated heterocycles. The molecule has 19 heavy (non-hydrogen) atoms. The average Bonchev–Trinajstić information content (AvgIpc) is 2.38. The van der Waals surface area contributed by atoms with Crippen LogP contribution in [0.5, 0.6) is 0 Å². The molecule has 0 aliphatic carbocycles. The van der Waals surface area contributed by atoms with Crippen LogP contribution >= 0.6 is 0 Å². The Labute approximate surface area is 117 Å². The van der Waals surface area contributed by atoms with Gasteiger partial charge in [-0.05, 0) is 39.5 Å². The maximum atomic E-state index is 12.2. The average molecular weight is 267 g/mol. The minimum atomic E-state index is 0.297. The standard InChI is InChI=1S/C15H29N3O/c1-12-4-3-5-13(2)18(12)11-8-15(19)17-9-6-14(16)7-10-17/h12-14H,3-11,16H2,1-2H3. The van der Waals surface area contributed by atoms with Crippen molar-refractivity contribution in [2.75, 3.05) is 19.6 Å². The van der Waals surface area contributed by atoms with E-state index in [2.05, 4.69) is 18.7 Å². The second kappa shape index (κ2) is 6.71. The summed E-state index contributed by atoms with van der Waals surface area (Å²) in [5.41, 5.74) is 5.88. The van der Waals surface area contributed by atoms with Crippen LogP contribution in [0.25, 0.3) is 0 Å². The summed E-state index contributed by atoms with van der Waals surface area (Å²) in [7, 11) is 0. The Hall–Kier alpha value is -0.610. The number of carbonyl (C=O) groups is 1. The smallest absolute Gasteiger partial charge is 0.223 e. The summed E-state index contributed by atoms with van der Waals surface area (Å²) in [5, 5.41) is 0. The Morgan fingerprint density at radius 2 is 1.68 bits per heavy atom. The molecule has 2 unspecified atom stereocenters. The first-order valence-electron chi connectivity index (χ1n) is 7.87. The molecule has 0 radical (unpaired) electrons. The lowest BCUT2D eigenvalue weighted by Gasteiger charge is -2.39. The molecule has 0 aromatic heterocycles. The third-order valence-corrected chi connectivity index (χ3v) is 4.85. The zero-order valence-corrected chi connectivity index (χ0v) is 12.5. The Balaban J connectivity index is 1.76. The molecule has 0 aromatic carbocycles. The second-order valence-corrected chi connectivity index (χ2v) is 6.33. The van der Waals surface area contributed by atoms with Crippen molar-refractivity contribution in [1.29, 1.82) is 0 Å². The van der Waals surface area contributed by atoms with Gasteiger partial charge in [-0.1, -0.05) is 6.42 Å². The van der Waals surface area contributed by atoms with Gasteiger partial charge >= 0.3 is 0 Å². The van der Waals surface area contributed by atoms with Gasteiger partial charge in [0.05, 0.1) is 0 Å². The fraction of sp³-hybridized carbons (Fsp3) is 0.933. The second-order valence-electron chi connectivity index (χ2n) is 6.33. The number of nitrogens with two attached hydrogens (primary N) is 1. The van der Waals surface area contributed by atoms with Crippen LogP contribution in [0.1, 0.15) is 52.4 Å². The van der Waals surface area contributed by atoms with E-state index in [-0.39, 0.29) is 0 Å². The first-order chi connectivity index (χ1) is 9.08. The van der Waals surface area contributed by atoms with Crippen LogP contribution in [-0.2, 0) is 4.79 Å². The Kier molecular flexibility index (Phi) is 5.22. The molecule has 2 aliphatic rings. The van der Waals surface area contributed by atoms with Crippen molar-refractivity contribution in [3.05, 3.63) is 0 Å². The lowest BCUT2D eigenvalue weighted by molar-refractivity contribution is -0.132. The molecule has 110 valence electrons. The number of rotatable bonds is 3. The van der Waals surface area contributed by atoms with E-state index in [4.69, 9.17) is 5.73 Å². The number of piperidine rings is 2. The summed E-state index contributed by atoms with van der Waals surface area (Å²) in [5.74, 6) is 0.317. The number of nitrogens with zero attached hydrogens (tertiary/aromatic N) is 2. The molecule has 2 atom stereocenters. The predicted molar refractivity (Wildman–Crippen MR) is 77.9 cm³/mol. The van der Waals surface area contributed by atoms with Gasteiger partial charge in [0.1, 0.15) is 0 Å². The van der Waals surface area contributed by atoms with Gasteiger partial charge in [-0.2, -0.15) is 0 Å². The van der Waals surface area contributed by atoms with Gasteiger partial charge in [0.2, 0.25) is 5.91 Å². The number of carbonyl (C=O) groups excluding carboxylic acids is 1. The zero-order chi connectivity index (χ0) is 13.8. The summed E-state index contributed by atoms with van der Waals surface area (Å²) in [4.78, 5) is 16.7. The Morgan fingerprint density at radius 3 is 2.26 bits per heavy atom. The summed E-state index contributed by atoms with van der Waals surface area (Å²) in [6.45, 7) is 7.21. The third-order valence-electron chi connectivity index (χ3n) is 4.85. The van der Waals surface area contributed by atoms with Crippen molar-refractivity contribution in [3.8, 4) is 0 Å². The maximum Gasteiger partial charge on any atom is 0.223 e. The van der Waals surface area contributed by atoms with Gasteiger partial charge in [0.25, 0.3) is 0 Å². The van der Waals surface area contributed by atoms with E-state index in [9.17, 15) is 4.79 Å². The van der Waals surface area contributed by atoms with E-state index in [0.29, 0.717) is 30.5 Å². The first kappa shape index (κ1) is 14.8. The molecule has 2 rings (SSSR count). The van der Waals surface area contributed by atoms with Crippen molar-refractivity contribution in [1.82, 2.24) is 9.80 Å². The van der Waals surface area contributed by atoms with Crippen LogP contribution in [0, 0.1) is 0 Å². The van der Waals surface area contributed by atoms with E-state index in [1.165, 1.54) is 19.3 Å². The summed E-state index contributed by atoms with van der Waals surface area (Å²) < 4.78 is 0. The zero-order valence-electron chi connectivity index (χ0n) is 12.5. The highest BCUT2D eigenvalue weighted by Crippen LogP contribution is 2.22. The van der Waals surface area contributed by atoms with Crippen molar-refractivity contribution in [2.45, 2.75) is 70.5 Å². The quantitative estimate of drug-likeness (QED) is 0.845. The fourth-order valence-corrected chi connectivity index (χ4v) is 3.45. The minimum absolute atomic E-state index is 0.297. The molecule has 2 heterocycles. The van der Waals surface area contributed by atoms with E-state index in [1.807, 2.05) is 4.90 Å². The number of likely N-dealkylation sites (tertiary alicyclic amines) is 2. The fourth-order valence-electron chi connectivity index (χ4n) is 3.45. The lowest BCUT2D eigenvalue weighted by Crippen LogP contribution is -2.47. The summed E-state index contributed by atoms with van der Waals surface area (Å²) in [6, 6.07) is 1.56. The molecule has 4 nitrogen and oxygen atoms in total. The van der Waals surface area contributed by atoms with Crippen LogP contribution in [0.2, 0.25) is 0 Å². The van der Waals surface area contributed by atoms with Crippen LogP contribution in [0.15, 0.2) is 0 Å². The number of hydrogen-bond acceptors (Lipinski definition) is 3. The largest absolute Gasteiger partial charge is 0.343 e. The molecule has 2 N–H and O–H groups in total. The third kappa shape index (κ3) is 3.93. The highest BCUT2D eigenvalue weighted by atomic mass is 16.2. The van der Waals surface area contributed by atoms with E-state index in [1.54, 1.807) is 0 Å². The van der Waals surface area contributed by atoms with Gasteiger partial charge in [0, 0.05) is 44.2 Å². The van der Waals surface area contributed by atoms with Crippen LogP contribution in [0.3, 0.4) is 0 Å². The summed E-state index contributed by atoms with van der Waals surface area (Å²) in [6.07, 6.45) is 6.47. The molecular weight excluding hydrogens is 238 g/mol. The topological polar surface area (TPSA) is 49.6 Å². The van der Waals surface area contributed by atoms with E-state index < -0.39 is 0 Å².